The molecule has 0 N–H and O–H groups in total. The van der Waals surface area contributed by atoms with Crippen LogP contribution in [-0.2, 0) is 5.41 Å². The average Bonchev–Trinajstić information content (AvgIpc) is 3.17. The average molecular weight is 676 g/mol. The number of hydrogen-bond acceptors (Lipinski definition) is 5. The molecule has 0 radical (unpaired) electrons. The van der Waals surface area contributed by atoms with E-state index in [1.165, 1.54) is 48.8 Å². The van der Waals surface area contributed by atoms with Crippen molar-refractivity contribution in [3.05, 3.63) is 138 Å². The second kappa shape index (κ2) is 13.7. The zero-order valence-corrected chi connectivity index (χ0v) is 30.0. The van der Waals surface area contributed by atoms with Crippen LogP contribution in [0.25, 0.3) is 56.4 Å². The van der Waals surface area contributed by atoms with Gasteiger partial charge in [-0.3, -0.25) is 0 Å². The minimum absolute atomic E-state index is 0.297. The van der Waals surface area contributed by atoms with Crippen LogP contribution in [0.3, 0.4) is 0 Å². The molecule has 5 aromatic carbocycles. The van der Waals surface area contributed by atoms with Crippen molar-refractivity contribution in [2.45, 2.75) is 58.3 Å². The van der Waals surface area contributed by atoms with Gasteiger partial charge < -0.3 is 0 Å². The van der Waals surface area contributed by atoms with Gasteiger partial charge in [-0.25, -0.2) is 15.0 Å². The Morgan fingerprint density at radius 3 is 1.85 bits per heavy atom. The fraction of sp³-hybridized carbons (Fsp3) is 0.255. The minimum atomic E-state index is 0.297. The molecular formula is C47H41N5. The summed E-state index contributed by atoms with van der Waals surface area (Å²) in [5.41, 5.74) is 10.9. The zero-order chi connectivity index (χ0) is 35.8. The first-order valence-corrected chi connectivity index (χ1v) is 18.4. The van der Waals surface area contributed by atoms with Crippen LogP contribution >= 0.6 is 0 Å². The molecule has 2 saturated carbocycles. The molecule has 8 rings (SSSR count). The summed E-state index contributed by atoms with van der Waals surface area (Å²) in [6, 6.07) is 43.6. The second-order valence-corrected chi connectivity index (χ2v) is 15.3. The first kappa shape index (κ1) is 33.2. The van der Waals surface area contributed by atoms with Crippen molar-refractivity contribution in [3.8, 4) is 68.6 Å². The van der Waals surface area contributed by atoms with Gasteiger partial charge in [-0.15, -0.1) is 0 Å². The van der Waals surface area contributed by atoms with Crippen LogP contribution in [0.5, 0.6) is 0 Å². The third-order valence-corrected chi connectivity index (χ3v) is 11.2. The molecule has 254 valence electrons. The van der Waals surface area contributed by atoms with Crippen LogP contribution in [0, 0.1) is 47.3 Å². The number of nitriles is 2. The van der Waals surface area contributed by atoms with Crippen LogP contribution in [0.1, 0.15) is 68.2 Å². The number of fused-ring (bicyclic) bond motifs is 2. The lowest BCUT2D eigenvalue weighted by atomic mass is 9.54. The van der Waals surface area contributed by atoms with Gasteiger partial charge in [0.25, 0.3) is 0 Å². The van der Waals surface area contributed by atoms with E-state index in [-0.39, 0.29) is 0 Å². The molecule has 0 spiro atoms. The molecule has 0 amide bonds. The van der Waals surface area contributed by atoms with E-state index in [2.05, 4.69) is 99.6 Å². The Morgan fingerprint density at radius 1 is 0.538 bits per heavy atom. The number of hydrogen-bond donors (Lipinski definition) is 0. The SMILES string of the molecule is Cc1cccc(-c2cc(-c3ccc(C45CC(C[C@@H](C)C4)C[C@H](C)C5)cc3)ccc2-c2nc(-c3ccc(C#N)cc3)nc(-c3cccc(C#N)c3)n2)c1. The van der Waals surface area contributed by atoms with E-state index in [1.807, 2.05) is 24.3 Å². The van der Waals surface area contributed by atoms with Gasteiger partial charge in [-0.2, -0.15) is 10.5 Å². The highest BCUT2D eigenvalue weighted by Gasteiger charge is 2.45. The van der Waals surface area contributed by atoms with E-state index in [1.54, 1.807) is 24.3 Å². The first-order valence-electron chi connectivity index (χ1n) is 18.4. The van der Waals surface area contributed by atoms with Crippen molar-refractivity contribution in [1.82, 2.24) is 15.0 Å². The molecule has 2 fully saturated rings. The third-order valence-electron chi connectivity index (χ3n) is 11.2. The first-order chi connectivity index (χ1) is 25.3. The molecule has 2 unspecified atom stereocenters. The molecule has 2 bridgehead atoms. The third kappa shape index (κ3) is 6.52. The summed E-state index contributed by atoms with van der Waals surface area (Å²) < 4.78 is 0. The van der Waals surface area contributed by atoms with Crippen molar-refractivity contribution < 1.29 is 0 Å². The van der Waals surface area contributed by atoms with Gasteiger partial charge in [-0.05, 0) is 139 Å². The highest BCUT2D eigenvalue weighted by molar-refractivity contribution is 5.86. The smallest absolute Gasteiger partial charge is 0.164 e. The summed E-state index contributed by atoms with van der Waals surface area (Å²) in [5, 5.41) is 19.0. The van der Waals surface area contributed by atoms with Crippen LogP contribution in [0.4, 0.5) is 0 Å². The second-order valence-electron chi connectivity index (χ2n) is 15.3. The van der Waals surface area contributed by atoms with Gasteiger partial charge in [0, 0.05) is 16.7 Å². The number of aryl methyl sites for hydroxylation is 1. The van der Waals surface area contributed by atoms with Crippen molar-refractivity contribution >= 4 is 0 Å². The topological polar surface area (TPSA) is 86.2 Å². The van der Waals surface area contributed by atoms with E-state index in [9.17, 15) is 10.5 Å². The summed E-state index contributed by atoms with van der Waals surface area (Å²) in [4.78, 5) is 15.0. The Morgan fingerprint density at radius 2 is 1.15 bits per heavy atom. The lowest BCUT2D eigenvalue weighted by Gasteiger charge is -2.50. The van der Waals surface area contributed by atoms with Crippen molar-refractivity contribution in [2.75, 3.05) is 0 Å². The molecule has 6 aromatic rings. The predicted molar refractivity (Wildman–Crippen MR) is 208 cm³/mol. The molecule has 5 heteroatoms. The van der Waals surface area contributed by atoms with E-state index < -0.39 is 0 Å². The van der Waals surface area contributed by atoms with E-state index >= 15 is 0 Å². The maximum absolute atomic E-state index is 9.64. The number of aromatic nitrogens is 3. The zero-order valence-electron chi connectivity index (χ0n) is 30.0. The van der Waals surface area contributed by atoms with E-state index in [4.69, 9.17) is 15.0 Å². The standard InChI is InChI=1S/C47H41N5/c1-30-6-4-8-39(22-30)43-24-38(36-14-17-41(18-15-36)47-25-31(2)20-35(27-47)21-32(3)26-47)16-19-42(43)46-51-44(37-12-10-33(28-48)11-13-37)50-45(52-46)40-9-5-7-34(23-40)29-49/h4-19,22-24,31-32,35H,20-21,25-27H2,1-3H3/t31-,32+,35?,47?. The molecule has 2 aliphatic carbocycles. The highest BCUT2D eigenvalue weighted by atomic mass is 15.0. The molecule has 0 aliphatic heterocycles. The summed E-state index contributed by atoms with van der Waals surface area (Å²) in [7, 11) is 0. The highest BCUT2D eigenvalue weighted by Crippen LogP contribution is 2.54. The summed E-state index contributed by atoms with van der Waals surface area (Å²) in [6.45, 7) is 7.01. The normalized spacial score (nSPS) is 20.8. The maximum Gasteiger partial charge on any atom is 0.164 e. The quantitative estimate of drug-likeness (QED) is 0.175. The number of nitrogens with zero attached hydrogens (tertiary/aromatic N) is 5. The lowest BCUT2D eigenvalue weighted by Crippen LogP contribution is -2.42. The largest absolute Gasteiger partial charge is 0.208 e. The molecule has 52 heavy (non-hydrogen) atoms. The molecule has 4 atom stereocenters. The van der Waals surface area contributed by atoms with Gasteiger partial charge in [0.15, 0.2) is 17.5 Å². The van der Waals surface area contributed by atoms with Crippen molar-refractivity contribution in [2.24, 2.45) is 17.8 Å². The lowest BCUT2D eigenvalue weighted by molar-refractivity contribution is 0.0780. The molecule has 1 aromatic heterocycles. The summed E-state index contributed by atoms with van der Waals surface area (Å²) >= 11 is 0. The number of benzene rings is 5. The van der Waals surface area contributed by atoms with Crippen molar-refractivity contribution in [1.29, 1.82) is 10.5 Å². The Bertz CT molecular complexity index is 2340. The molecule has 0 saturated heterocycles. The molecular weight excluding hydrogens is 635 g/mol. The fourth-order valence-electron chi connectivity index (χ4n) is 9.22. The Balaban J connectivity index is 1.25. The van der Waals surface area contributed by atoms with Gasteiger partial charge in [0.1, 0.15) is 0 Å². The molecule has 5 nitrogen and oxygen atoms in total. The Hall–Kier alpha value is -5.91. The van der Waals surface area contributed by atoms with E-state index in [0.717, 1.165) is 51.1 Å². The van der Waals surface area contributed by atoms with Crippen LogP contribution in [0.2, 0.25) is 0 Å². The summed E-state index contributed by atoms with van der Waals surface area (Å²) in [6.07, 6.45) is 6.66. The van der Waals surface area contributed by atoms with Gasteiger partial charge in [-0.1, -0.05) is 86.1 Å². The summed E-state index contributed by atoms with van der Waals surface area (Å²) in [5.74, 6) is 3.92. The predicted octanol–water partition coefficient (Wildman–Crippen LogP) is 11.4. The molecule has 1 heterocycles. The fourth-order valence-corrected chi connectivity index (χ4v) is 9.22. The van der Waals surface area contributed by atoms with Crippen LogP contribution in [0.15, 0.2) is 115 Å². The Labute approximate surface area is 306 Å². The maximum atomic E-state index is 9.64. The molecule has 2 aliphatic rings. The number of rotatable bonds is 6. The van der Waals surface area contributed by atoms with E-state index in [0.29, 0.717) is 34.0 Å². The monoisotopic (exact) mass is 675 g/mol. The van der Waals surface area contributed by atoms with Crippen LogP contribution in [-0.4, -0.2) is 15.0 Å². The van der Waals surface area contributed by atoms with Gasteiger partial charge in [0.2, 0.25) is 0 Å². The van der Waals surface area contributed by atoms with Gasteiger partial charge in [0.05, 0.1) is 23.3 Å². The minimum Gasteiger partial charge on any atom is -0.208 e. The Kier molecular flexibility index (Phi) is 8.74. The van der Waals surface area contributed by atoms with Crippen LogP contribution < -0.4 is 0 Å². The van der Waals surface area contributed by atoms with Crippen molar-refractivity contribution in [3.63, 3.8) is 0 Å². The van der Waals surface area contributed by atoms with Gasteiger partial charge >= 0.3 is 0 Å².